The third-order valence-corrected chi connectivity index (χ3v) is 7.78. The van der Waals surface area contributed by atoms with Gasteiger partial charge in [-0.2, -0.15) is 0 Å². The molecule has 1 aromatic carbocycles. The summed E-state index contributed by atoms with van der Waals surface area (Å²) in [5.41, 5.74) is 10.7. The van der Waals surface area contributed by atoms with Gasteiger partial charge in [0.25, 0.3) is 11.8 Å². The van der Waals surface area contributed by atoms with Crippen molar-refractivity contribution >= 4 is 34.9 Å². The standard InChI is InChI=1S/C34H47FN6O8/c1-23-31(20-29-28-19-25(35)6-7-30(28)38-33(29)43)37-24(2)32(23)34(44)36-9-4-5-27(42)8-11-46-15-17-48-18-16-47-12-10-41-21-26(39-40-41)22-49-14-13-45-3/h6-7,19-21,37,39-40H,4-5,8-18,22H2,1-3H3,(H,36,44)(H,38,43)/b29-20-. The lowest BCUT2D eigenvalue weighted by Gasteiger charge is -2.14. The number of amides is 2. The van der Waals surface area contributed by atoms with Crippen molar-refractivity contribution in [1.82, 2.24) is 26.3 Å². The van der Waals surface area contributed by atoms with Crippen molar-refractivity contribution in [3.8, 4) is 0 Å². The fourth-order valence-electron chi connectivity index (χ4n) is 5.21. The maximum Gasteiger partial charge on any atom is 0.256 e. The lowest BCUT2D eigenvalue weighted by atomic mass is 10.0. The van der Waals surface area contributed by atoms with Crippen molar-refractivity contribution < 1.29 is 42.5 Å². The second-order valence-corrected chi connectivity index (χ2v) is 11.5. The summed E-state index contributed by atoms with van der Waals surface area (Å²) in [5, 5.41) is 7.48. The highest BCUT2D eigenvalue weighted by molar-refractivity contribution is 6.34. The van der Waals surface area contributed by atoms with Gasteiger partial charge in [0.05, 0.1) is 82.8 Å². The number of carbonyl (C=O) groups is 3. The Balaban J connectivity index is 1.01. The number of rotatable bonds is 23. The first kappa shape index (κ1) is 37.7. The zero-order valence-corrected chi connectivity index (χ0v) is 28.4. The van der Waals surface area contributed by atoms with Crippen molar-refractivity contribution in [3.63, 3.8) is 0 Å². The van der Waals surface area contributed by atoms with Gasteiger partial charge < -0.3 is 44.7 Å². The molecular formula is C34H47FN6O8. The minimum absolute atomic E-state index is 0.0568. The van der Waals surface area contributed by atoms with Crippen LogP contribution in [0.3, 0.4) is 0 Å². The molecule has 0 spiro atoms. The third kappa shape index (κ3) is 11.8. The van der Waals surface area contributed by atoms with Crippen LogP contribution in [0.2, 0.25) is 0 Å². The first-order valence-electron chi connectivity index (χ1n) is 16.4. The number of fused-ring (bicyclic) bond motifs is 1. The first-order valence-corrected chi connectivity index (χ1v) is 16.4. The van der Waals surface area contributed by atoms with E-state index in [4.69, 9.17) is 23.7 Å². The molecule has 0 aliphatic carbocycles. The molecule has 2 aliphatic heterocycles. The molecule has 0 saturated carbocycles. The Morgan fingerprint density at radius 1 is 0.959 bits per heavy atom. The molecule has 3 heterocycles. The summed E-state index contributed by atoms with van der Waals surface area (Å²) in [5.74, 6) is -0.992. The van der Waals surface area contributed by atoms with E-state index in [0.29, 0.717) is 131 Å². The SMILES string of the molecule is COCCOCC1=CN(CCOCCOCCOCCC(=O)CCCNC(=O)c2c(C)[nH]c(/C=C3\C(=O)Nc4ccc(F)cc43)c2C)NN1. The lowest BCUT2D eigenvalue weighted by molar-refractivity contribution is -0.120. The van der Waals surface area contributed by atoms with Gasteiger partial charge >= 0.3 is 0 Å². The maximum absolute atomic E-state index is 13.8. The van der Waals surface area contributed by atoms with Crippen LogP contribution in [0.15, 0.2) is 30.1 Å². The van der Waals surface area contributed by atoms with Crippen molar-refractivity contribution in [2.75, 3.05) is 85.0 Å². The second-order valence-electron chi connectivity index (χ2n) is 11.5. The van der Waals surface area contributed by atoms with Crippen LogP contribution in [0.1, 0.15) is 52.1 Å². The Morgan fingerprint density at radius 2 is 1.69 bits per heavy atom. The molecule has 4 rings (SSSR count). The number of nitrogens with zero attached hydrogens (tertiary/aromatic N) is 1. The van der Waals surface area contributed by atoms with Gasteiger partial charge in [-0.25, -0.2) is 4.39 Å². The van der Waals surface area contributed by atoms with Gasteiger partial charge in [0, 0.05) is 55.3 Å². The van der Waals surface area contributed by atoms with Crippen LogP contribution in [0, 0.1) is 19.7 Å². The number of halogens is 1. The number of aryl methyl sites for hydroxylation is 1. The summed E-state index contributed by atoms with van der Waals surface area (Å²) in [7, 11) is 1.64. The van der Waals surface area contributed by atoms with Gasteiger partial charge in [-0.05, 0) is 50.1 Å². The molecule has 2 aliphatic rings. The number of aromatic nitrogens is 1. The Labute approximate surface area is 285 Å². The molecule has 0 bridgehead atoms. The summed E-state index contributed by atoms with van der Waals surface area (Å²) in [6, 6.07) is 4.12. The number of nitrogens with one attached hydrogen (secondary N) is 5. The average Bonchev–Trinajstić information content (AvgIpc) is 3.74. The number of methoxy groups -OCH3 is 1. The summed E-state index contributed by atoms with van der Waals surface area (Å²) in [4.78, 5) is 40.9. The van der Waals surface area contributed by atoms with E-state index in [-0.39, 0.29) is 17.6 Å². The summed E-state index contributed by atoms with van der Waals surface area (Å²) in [6.07, 6.45) is 4.68. The zero-order valence-electron chi connectivity index (χ0n) is 28.4. The van der Waals surface area contributed by atoms with E-state index in [1.807, 2.05) is 11.2 Å². The fraction of sp³-hybridized carbons (Fsp3) is 0.500. The largest absolute Gasteiger partial charge is 0.382 e. The van der Waals surface area contributed by atoms with Crippen molar-refractivity contribution in [3.05, 3.63) is 64.0 Å². The van der Waals surface area contributed by atoms with Crippen molar-refractivity contribution in [2.45, 2.75) is 33.1 Å². The molecule has 0 fully saturated rings. The number of ether oxygens (including phenoxy) is 5. The van der Waals surface area contributed by atoms with Gasteiger partial charge in [-0.15, -0.1) is 5.53 Å². The molecule has 268 valence electrons. The number of anilines is 1. The summed E-state index contributed by atoms with van der Waals surface area (Å²) in [6.45, 7) is 8.67. The second kappa shape index (κ2) is 19.8. The van der Waals surface area contributed by atoms with Crippen LogP contribution in [-0.2, 0) is 33.3 Å². The van der Waals surface area contributed by atoms with E-state index < -0.39 is 5.82 Å². The number of hydrogen-bond donors (Lipinski definition) is 5. The average molecular weight is 687 g/mol. The molecule has 49 heavy (non-hydrogen) atoms. The Hall–Kier alpha value is -4.12. The van der Waals surface area contributed by atoms with E-state index in [2.05, 4.69) is 26.6 Å². The monoisotopic (exact) mass is 686 g/mol. The van der Waals surface area contributed by atoms with Crippen molar-refractivity contribution in [2.24, 2.45) is 0 Å². The summed E-state index contributed by atoms with van der Waals surface area (Å²) < 4.78 is 40.8. The Morgan fingerprint density at radius 3 is 2.47 bits per heavy atom. The minimum Gasteiger partial charge on any atom is -0.382 e. The Bertz CT molecular complexity index is 1490. The van der Waals surface area contributed by atoms with Crippen LogP contribution in [0.5, 0.6) is 0 Å². The predicted octanol–water partition coefficient (Wildman–Crippen LogP) is 2.61. The molecular weight excluding hydrogens is 639 g/mol. The van der Waals surface area contributed by atoms with Crippen LogP contribution in [-0.4, -0.2) is 107 Å². The summed E-state index contributed by atoms with van der Waals surface area (Å²) >= 11 is 0. The van der Waals surface area contributed by atoms with E-state index >= 15 is 0 Å². The predicted molar refractivity (Wildman–Crippen MR) is 181 cm³/mol. The number of Topliss-reactive ketones (excluding diaryl/α,β-unsaturated/α-hetero) is 1. The molecule has 0 saturated heterocycles. The highest BCUT2D eigenvalue weighted by atomic mass is 19.1. The molecule has 2 amide bonds. The number of aromatic amines is 1. The molecule has 5 N–H and O–H groups in total. The minimum atomic E-state index is -0.441. The molecule has 0 unspecified atom stereocenters. The van der Waals surface area contributed by atoms with Gasteiger partial charge in [0.2, 0.25) is 0 Å². The topological polar surface area (TPSA) is 165 Å². The number of hydrogen-bond acceptors (Lipinski definition) is 11. The zero-order chi connectivity index (χ0) is 35.0. The number of carbonyl (C=O) groups excluding carboxylic acids is 3. The van der Waals surface area contributed by atoms with Crippen LogP contribution >= 0.6 is 0 Å². The first-order chi connectivity index (χ1) is 23.8. The quantitative estimate of drug-likeness (QED) is 0.0863. The molecule has 2 aromatic rings. The molecule has 1 aromatic heterocycles. The number of ketones is 1. The van der Waals surface area contributed by atoms with E-state index in [1.165, 1.54) is 18.2 Å². The van der Waals surface area contributed by atoms with Crippen molar-refractivity contribution in [1.29, 1.82) is 0 Å². The van der Waals surface area contributed by atoms with Gasteiger partial charge in [0.1, 0.15) is 11.6 Å². The van der Waals surface area contributed by atoms with E-state index in [0.717, 1.165) is 5.70 Å². The van der Waals surface area contributed by atoms with Gasteiger partial charge in [-0.1, -0.05) is 0 Å². The highest BCUT2D eigenvalue weighted by Crippen LogP contribution is 2.34. The van der Waals surface area contributed by atoms with Crippen LogP contribution < -0.4 is 21.6 Å². The van der Waals surface area contributed by atoms with E-state index in [9.17, 15) is 18.8 Å². The van der Waals surface area contributed by atoms with Gasteiger partial charge in [-0.3, -0.25) is 19.4 Å². The van der Waals surface area contributed by atoms with Crippen LogP contribution in [0.25, 0.3) is 11.6 Å². The highest BCUT2D eigenvalue weighted by Gasteiger charge is 2.26. The lowest BCUT2D eigenvalue weighted by Crippen LogP contribution is -2.38. The number of hydrazine groups is 2. The molecule has 14 nitrogen and oxygen atoms in total. The number of benzene rings is 1. The number of H-pyrrole nitrogens is 1. The van der Waals surface area contributed by atoms with E-state index in [1.54, 1.807) is 27.0 Å². The van der Waals surface area contributed by atoms with Gasteiger partial charge in [0.15, 0.2) is 0 Å². The Kier molecular flexibility index (Phi) is 15.2. The fourth-order valence-corrected chi connectivity index (χ4v) is 5.21. The molecule has 15 heteroatoms. The maximum atomic E-state index is 13.8. The smallest absolute Gasteiger partial charge is 0.256 e. The normalized spacial score (nSPS) is 14.6. The molecule has 0 radical (unpaired) electrons. The molecule has 0 atom stereocenters. The third-order valence-electron chi connectivity index (χ3n) is 7.78. The van der Waals surface area contributed by atoms with Crippen LogP contribution in [0.4, 0.5) is 10.1 Å².